The second-order valence-electron chi connectivity index (χ2n) is 9.34. The Morgan fingerprint density at radius 1 is 1.00 bits per heavy atom. The molecule has 5 atom stereocenters. The standard InChI is InChI=1S/C24H36N4O7/c1-13(2)11-19(24(34)35)27-22(32)18(12-15-6-8-16(30)9-7-15)26-23(33)20(14(3)29)28-21(31)17-5-4-10-25-17/h6-9,13-14,17-20,25,29-30H,4-5,10-12H2,1-3H3,(H,26,33)(H,27,32)(H,28,31)(H,34,35). The van der Waals surface area contributed by atoms with Gasteiger partial charge in [0.2, 0.25) is 17.7 Å². The summed E-state index contributed by atoms with van der Waals surface area (Å²) >= 11 is 0. The number of aliphatic carboxylic acids is 1. The highest BCUT2D eigenvalue weighted by Gasteiger charge is 2.33. The molecule has 1 aromatic rings. The Morgan fingerprint density at radius 2 is 1.63 bits per heavy atom. The van der Waals surface area contributed by atoms with Crippen molar-refractivity contribution in [2.24, 2.45) is 5.92 Å². The maximum Gasteiger partial charge on any atom is 0.326 e. The highest BCUT2D eigenvalue weighted by molar-refractivity contribution is 5.94. The lowest BCUT2D eigenvalue weighted by atomic mass is 10.0. The lowest BCUT2D eigenvalue weighted by molar-refractivity contribution is -0.143. The number of aromatic hydroxyl groups is 1. The van der Waals surface area contributed by atoms with Gasteiger partial charge in [0.25, 0.3) is 0 Å². The molecule has 1 aliphatic rings. The predicted molar refractivity (Wildman–Crippen MR) is 127 cm³/mol. The van der Waals surface area contributed by atoms with Gasteiger partial charge in [-0.05, 0) is 56.3 Å². The van der Waals surface area contributed by atoms with Crippen molar-refractivity contribution < 1.29 is 34.5 Å². The highest BCUT2D eigenvalue weighted by atomic mass is 16.4. The van der Waals surface area contributed by atoms with Crippen LogP contribution >= 0.6 is 0 Å². The van der Waals surface area contributed by atoms with E-state index in [-0.39, 0.29) is 24.5 Å². The van der Waals surface area contributed by atoms with Crippen molar-refractivity contribution >= 4 is 23.7 Å². The summed E-state index contributed by atoms with van der Waals surface area (Å²) in [5.74, 6) is -3.08. The molecule has 1 saturated heterocycles. The van der Waals surface area contributed by atoms with Gasteiger partial charge in [-0.1, -0.05) is 26.0 Å². The number of amides is 3. The SMILES string of the molecule is CC(C)CC(NC(=O)C(Cc1ccc(O)cc1)NC(=O)C(NC(=O)C1CCCN1)C(C)O)C(=O)O. The lowest BCUT2D eigenvalue weighted by Gasteiger charge is -2.27. The Morgan fingerprint density at radius 3 is 2.14 bits per heavy atom. The Kier molecular flexibility index (Phi) is 10.5. The summed E-state index contributed by atoms with van der Waals surface area (Å²) in [5, 5.41) is 39.8. The summed E-state index contributed by atoms with van der Waals surface area (Å²) in [5.41, 5.74) is 0.603. The maximum absolute atomic E-state index is 13.1. The first-order chi connectivity index (χ1) is 16.5. The molecule has 2 rings (SSSR count). The minimum atomic E-state index is -1.31. The van der Waals surface area contributed by atoms with Crippen LogP contribution in [-0.4, -0.2) is 75.8 Å². The number of nitrogens with one attached hydrogen (secondary N) is 4. The predicted octanol–water partition coefficient (Wildman–Crippen LogP) is -0.347. The summed E-state index contributed by atoms with van der Waals surface area (Å²) < 4.78 is 0. The third kappa shape index (κ3) is 8.84. The zero-order chi connectivity index (χ0) is 26.1. The number of aliphatic hydroxyl groups excluding tert-OH is 1. The van der Waals surface area contributed by atoms with Crippen molar-refractivity contribution in [3.63, 3.8) is 0 Å². The molecule has 11 nitrogen and oxygen atoms in total. The summed E-state index contributed by atoms with van der Waals surface area (Å²) in [7, 11) is 0. The van der Waals surface area contributed by atoms with Crippen molar-refractivity contribution in [3.05, 3.63) is 29.8 Å². The molecule has 35 heavy (non-hydrogen) atoms. The minimum absolute atomic E-state index is 0.000526. The van der Waals surface area contributed by atoms with Crippen molar-refractivity contribution in [3.8, 4) is 5.75 Å². The topological polar surface area (TPSA) is 177 Å². The Balaban J connectivity index is 2.20. The first kappa shape index (κ1) is 28.1. The van der Waals surface area contributed by atoms with Crippen LogP contribution in [-0.2, 0) is 25.6 Å². The molecule has 0 spiro atoms. The molecule has 11 heteroatoms. The fourth-order valence-electron chi connectivity index (χ4n) is 3.87. The molecule has 0 aliphatic carbocycles. The van der Waals surface area contributed by atoms with E-state index in [1.165, 1.54) is 19.1 Å². The average Bonchev–Trinajstić information content (AvgIpc) is 3.32. The van der Waals surface area contributed by atoms with Gasteiger partial charge < -0.3 is 36.6 Å². The Bertz CT molecular complexity index is 882. The van der Waals surface area contributed by atoms with Crippen LogP contribution < -0.4 is 21.3 Å². The summed E-state index contributed by atoms with van der Waals surface area (Å²) in [6.07, 6.45) is 0.376. The summed E-state index contributed by atoms with van der Waals surface area (Å²) in [4.78, 5) is 50.3. The van der Waals surface area contributed by atoms with Crippen LogP contribution in [0, 0.1) is 5.92 Å². The van der Waals surface area contributed by atoms with Crippen molar-refractivity contribution in [2.75, 3.05) is 6.54 Å². The second-order valence-corrected chi connectivity index (χ2v) is 9.34. The number of benzene rings is 1. The fourth-order valence-corrected chi connectivity index (χ4v) is 3.87. The number of carboxylic acid groups (broad SMARTS) is 1. The Hall–Kier alpha value is -3.18. The smallest absolute Gasteiger partial charge is 0.326 e. The van der Waals surface area contributed by atoms with Crippen LogP contribution in [0.15, 0.2) is 24.3 Å². The molecule has 1 aliphatic heterocycles. The van der Waals surface area contributed by atoms with Gasteiger partial charge >= 0.3 is 5.97 Å². The monoisotopic (exact) mass is 492 g/mol. The van der Waals surface area contributed by atoms with E-state index >= 15 is 0 Å². The van der Waals surface area contributed by atoms with Gasteiger partial charge in [-0.3, -0.25) is 14.4 Å². The Labute approximate surface area is 204 Å². The van der Waals surface area contributed by atoms with E-state index < -0.39 is 54.0 Å². The van der Waals surface area contributed by atoms with Gasteiger partial charge in [0.1, 0.15) is 23.9 Å². The van der Waals surface area contributed by atoms with E-state index in [1.807, 2.05) is 13.8 Å². The second kappa shape index (κ2) is 13.1. The zero-order valence-corrected chi connectivity index (χ0v) is 20.3. The van der Waals surface area contributed by atoms with Crippen LogP contribution in [0.1, 0.15) is 45.6 Å². The normalized spacial score (nSPS) is 18.8. The number of carboxylic acids is 1. The highest BCUT2D eigenvalue weighted by Crippen LogP contribution is 2.13. The van der Waals surface area contributed by atoms with Gasteiger partial charge in [-0.25, -0.2) is 4.79 Å². The number of carbonyl (C=O) groups is 4. The van der Waals surface area contributed by atoms with Crippen molar-refractivity contribution in [2.45, 2.75) is 76.7 Å². The van der Waals surface area contributed by atoms with Crippen molar-refractivity contribution in [1.29, 1.82) is 0 Å². The van der Waals surface area contributed by atoms with Crippen molar-refractivity contribution in [1.82, 2.24) is 21.3 Å². The van der Waals surface area contributed by atoms with Crippen LogP contribution in [0.25, 0.3) is 0 Å². The number of hydrogen-bond donors (Lipinski definition) is 7. The quantitative estimate of drug-likeness (QED) is 0.207. The molecule has 5 unspecified atom stereocenters. The number of phenols is 1. The third-order valence-corrected chi connectivity index (χ3v) is 5.77. The molecule has 1 heterocycles. The molecule has 1 aromatic carbocycles. The molecular formula is C24H36N4O7. The van der Waals surface area contributed by atoms with E-state index in [4.69, 9.17) is 0 Å². The third-order valence-electron chi connectivity index (χ3n) is 5.77. The van der Waals surface area contributed by atoms with Gasteiger partial charge in [-0.2, -0.15) is 0 Å². The molecular weight excluding hydrogens is 456 g/mol. The number of aliphatic hydroxyl groups is 1. The molecule has 7 N–H and O–H groups in total. The zero-order valence-electron chi connectivity index (χ0n) is 20.3. The minimum Gasteiger partial charge on any atom is -0.508 e. The van der Waals surface area contributed by atoms with E-state index in [0.717, 1.165) is 6.42 Å². The van der Waals surface area contributed by atoms with Crippen LogP contribution in [0.3, 0.4) is 0 Å². The number of rotatable bonds is 12. The molecule has 0 bridgehead atoms. The van der Waals surface area contributed by atoms with E-state index in [9.17, 15) is 34.5 Å². The molecule has 0 saturated carbocycles. The average molecular weight is 493 g/mol. The fraction of sp³-hybridized carbons (Fsp3) is 0.583. The van der Waals surface area contributed by atoms with Crippen LogP contribution in [0.2, 0.25) is 0 Å². The lowest BCUT2D eigenvalue weighted by Crippen LogP contribution is -2.60. The van der Waals surface area contributed by atoms with E-state index in [1.54, 1.807) is 12.1 Å². The molecule has 1 fully saturated rings. The van der Waals surface area contributed by atoms with Gasteiger partial charge in [-0.15, -0.1) is 0 Å². The summed E-state index contributed by atoms with van der Waals surface area (Å²) in [6, 6.07) is 1.88. The molecule has 3 amide bonds. The van der Waals surface area contributed by atoms with Crippen LogP contribution in [0.5, 0.6) is 5.75 Å². The van der Waals surface area contributed by atoms with Gasteiger partial charge in [0.05, 0.1) is 12.1 Å². The van der Waals surface area contributed by atoms with E-state index in [2.05, 4.69) is 21.3 Å². The molecule has 0 radical (unpaired) electrons. The summed E-state index contributed by atoms with van der Waals surface area (Å²) in [6.45, 7) is 5.68. The molecule has 194 valence electrons. The van der Waals surface area contributed by atoms with E-state index in [0.29, 0.717) is 18.5 Å². The maximum atomic E-state index is 13.1. The number of carbonyl (C=O) groups excluding carboxylic acids is 3. The molecule has 0 aromatic heterocycles. The largest absolute Gasteiger partial charge is 0.508 e. The first-order valence-electron chi connectivity index (χ1n) is 11.8. The van der Waals surface area contributed by atoms with Gasteiger partial charge in [0, 0.05) is 6.42 Å². The first-order valence-corrected chi connectivity index (χ1v) is 11.8. The van der Waals surface area contributed by atoms with Crippen LogP contribution in [0.4, 0.5) is 0 Å². The number of phenolic OH excluding ortho intramolecular Hbond substituents is 1. The number of hydrogen-bond acceptors (Lipinski definition) is 7. The van der Waals surface area contributed by atoms with Gasteiger partial charge in [0.15, 0.2) is 0 Å².